The van der Waals surface area contributed by atoms with E-state index in [1.54, 1.807) is 7.11 Å². The Morgan fingerprint density at radius 3 is 2.83 bits per heavy atom. The Kier molecular flexibility index (Phi) is 4.28. The van der Waals surface area contributed by atoms with Crippen molar-refractivity contribution in [3.8, 4) is 5.75 Å². The summed E-state index contributed by atoms with van der Waals surface area (Å²) in [6.45, 7) is 2.20. The van der Waals surface area contributed by atoms with Crippen molar-refractivity contribution in [2.24, 2.45) is 0 Å². The molecule has 1 atom stereocenters. The first kappa shape index (κ1) is 13.4. The molecule has 0 saturated heterocycles. The summed E-state index contributed by atoms with van der Waals surface area (Å²) in [5.74, 6) is 0.895. The highest BCUT2D eigenvalue weighted by atomic mass is 16.5. The van der Waals surface area contributed by atoms with Crippen LogP contribution in [0.4, 0.5) is 0 Å². The summed E-state index contributed by atoms with van der Waals surface area (Å²) in [5.41, 5.74) is 2.14. The van der Waals surface area contributed by atoms with Crippen molar-refractivity contribution in [3.63, 3.8) is 0 Å². The molecule has 100 valence electrons. The molecule has 2 rings (SSSR count). The minimum Gasteiger partial charge on any atom is -0.497 e. The van der Waals surface area contributed by atoms with E-state index in [0.717, 1.165) is 37.9 Å². The minimum absolute atomic E-state index is 0.492. The van der Waals surface area contributed by atoms with E-state index in [1.165, 1.54) is 24.0 Å². The van der Waals surface area contributed by atoms with Crippen LogP contribution in [0.1, 0.15) is 50.2 Å². The normalized spacial score (nSPS) is 22.6. The van der Waals surface area contributed by atoms with Crippen LogP contribution in [-0.4, -0.2) is 17.8 Å². The predicted molar refractivity (Wildman–Crippen MR) is 74.1 cm³/mol. The van der Waals surface area contributed by atoms with E-state index >= 15 is 0 Å². The molecule has 0 spiro atoms. The zero-order valence-corrected chi connectivity index (χ0v) is 11.5. The van der Waals surface area contributed by atoms with Crippen molar-refractivity contribution in [2.45, 2.75) is 57.5 Å². The summed E-state index contributed by atoms with van der Waals surface area (Å²) in [7, 11) is 1.69. The van der Waals surface area contributed by atoms with Crippen LogP contribution in [0.25, 0.3) is 0 Å². The van der Waals surface area contributed by atoms with E-state index in [0.29, 0.717) is 0 Å². The maximum Gasteiger partial charge on any atom is 0.119 e. The third-order valence-corrected chi connectivity index (χ3v) is 4.04. The molecule has 0 aliphatic heterocycles. The first-order valence-corrected chi connectivity index (χ1v) is 7.05. The lowest BCUT2D eigenvalue weighted by molar-refractivity contribution is 0.0155. The maximum absolute atomic E-state index is 10.7. The van der Waals surface area contributed by atoms with Gasteiger partial charge in [0.05, 0.1) is 12.7 Å². The number of aryl methyl sites for hydroxylation is 1. The van der Waals surface area contributed by atoms with E-state index in [2.05, 4.69) is 19.1 Å². The number of hydrogen-bond donors (Lipinski definition) is 1. The highest BCUT2D eigenvalue weighted by Gasteiger charge is 2.31. The third-order valence-electron chi connectivity index (χ3n) is 4.04. The maximum atomic E-state index is 10.7. The molecule has 1 aliphatic rings. The van der Waals surface area contributed by atoms with Crippen LogP contribution in [-0.2, 0) is 12.8 Å². The zero-order valence-electron chi connectivity index (χ0n) is 11.5. The molecule has 2 nitrogen and oxygen atoms in total. The number of aliphatic hydroxyl groups is 1. The molecule has 1 aliphatic carbocycles. The van der Waals surface area contributed by atoms with Crippen LogP contribution in [0.15, 0.2) is 18.2 Å². The quantitative estimate of drug-likeness (QED) is 0.808. The molecule has 1 aromatic rings. The van der Waals surface area contributed by atoms with Crippen molar-refractivity contribution in [3.05, 3.63) is 29.3 Å². The number of ether oxygens (including phenoxy) is 1. The fraction of sp³-hybridized carbons (Fsp3) is 0.625. The fourth-order valence-electron chi connectivity index (χ4n) is 2.87. The molecule has 1 unspecified atom stereocenters. The van der Waals surface area contributed by atoms with Gasteiger partial charge >= 0.3 is 0 Å². The third kappa shape index (κ3) is 3.05. The van der Waals surface area contributed by atoms with Crippen LogP contribution in [0.3, 0.4) is 0 Å². The molecule has 0 saturated carbocycles. The number of rotatable bonds is 5. The highest BCUT2D eigenvalue weighted by molar-refractivity contribution is 5.38. The summed E-state index contributed by atoms with van der Waals surface area (Å²) in [6.07, 6.45) is 7.15. The Morgan fingerprint density at radius 2 is 2.11 bits per heavy atom. The van der Waals surface area contributed by atoms with Crippen molar-refractivity contribution < 1.29 is 9.84 Å². The molecule has 0 amide bonds. The van der Waals surface area contributed by atoms with Gasteiger partial charge in [-0.1, -0.05) is 32.3 Å². The van der Waals surface area contributed by atoms with Gasteiger partial charge in [-0.05, 0) is 42.5 Å². The van der Waals surface area contributed by atoms with Gasteiger partial charge in [0.25, 0.3) is 0 Å². The fourth-order valence-corrected chi connectivity index (χ4v) is 2.87. The van der Waals surface area contributed by atoms with E-state index < -0.39 is 5.60 Å². The molecular weight excluding hydrogens is 224 g/mol. The van der Waals surface area contributed by atoms with Gasteiger partial charge < -0.3 is 9.84 Å². The van der Waals surface area contributed by atoms with Crippen molar-refractivity contribution in [1.29, 1.82) is 0 Å². The smallest absolute Gasteiger partial charge is 0.119 e. The zero-order chi connectivity index (χ0) is 13.0. The molecule has 18 heavy (non-hydrogen) atoms. The summed E-state index contributed by atoms with van der Waals surface area (Å²) in [4.78, 5) is 0. The largest absolute Gasteiger partial charge is 0.497 e. The average molecular weight is 248 g/mol. The number of unbranched alkanes of at least 4 members (excludes halogenated alkanes) is 2. The van der Waals surface area contributed by atoms with E-state index in [4.69, 9.17) is 4.74 Å². The lowest BCUT2D eigenvalue weighted by Crippen LogP contribution is -2.35. The number of methoxy groups -OCH3 is 1. The van der Waals surface area contributed by atoms with Gasteiger partial charge in [0.1, 0.15) is 5.75 Å². The second-order valence-corrected chi connectivity index (χ2v) is 5.49. The molecule has 0 aromatic heterocycles. The van der Waals surface area contributed by atoms with Gasteiger partial charge in [-0.15, -0.1) is 0 Å². The van der Waals surface area contributed by atoms with Crippen LogP contribution in [0.2, 0.25) is 0 Å². The Morgan fingerprint density at radius 1 is 1.28 bits per heavy atom. The lowest BCUT2D eigenvalue weighted by atomic mass is 9.77. The van der Waals surface area contributed by atoms with Crippen LogP contribution < -0.4 is 4.74 Å². The van der Waals surface area contributed by atoms with Crippen molar-refractivity contribution in [2.75, 3.05) is 7.11 Å². The summed E-state index contributed by atoms with van der Waals surface area (Å²) >= 11 is 0. The Balaban J connectivity index is 2.07. The van der Waals surface area contributed by atoms with Gasteiger partial charge in [0.2, 0.25) is 0 Å². The molecule has 0 fully saturated rings. The lowest BCUT2D eigenvalue weighted by Gasteiger charge is -2.34. The van der Waals surface area contributed by atoms with Crippen LogP contribution in [0, 0.1) is 0 Å². The van der Waals surface area contributed by atoms with Gasteiger partial charge in [-0.25, -0.2) is 0 Å². The highest BCUT2D eigenvalue weighted by Crippen LogP contribution is 2.34. The van der Waals surface area contributed by atoms with Crippen LogP contribution in [0.5, 0.6) is 5.75 Å². The van der Waals surface area contributed by atoms with Gasteiger partial charge in [-0.2, -0.15) is 0 Å². The SMILES string of the molecule is CCCCCC1(O)CCc2ccc(OC)cc2C1. The number of hydrogen-bond acceptors (Lipinski definition) is 2. The summed E-state index contributed by atoms with van der Waals surface area (Å²) < 4.78 is 5.27. The van der Waals surface area contributed by atoms with Crippen molar-refractivity contribution in [1.82, 2.24) is 0 Å². The summed E-state index contributed by atoms with van der Waals surface area (Å²) in [5, 5.41) is 10.7. The van der Waals surface area contributed by atoms with E-state index in [-0.39, 0.29) is 0 Å². The topological polar surface area (TPSA) is 29.5 Å². The molecular formula is C16H24O2. The molecule has 1 N–H and O–H groups in total. The molecule has 0 bridgehead atoms. The molecule has 2 heteroatoms. The van der Waals surface area contributed by atoms with Crippen LogP contribution >= 0.6 is 0 Å². The second-order valence-electron chi connectivity index (χ2n) is 5.49. The molecule has 0 radical (unpaired) electrons. The van der Waals surface area contributed by atoms with E-state index in [9.17, 15) is 5.11 Å². The van der Waals surface area contributed by atoms with Gasteiger partial charge in [-0.3, -0.25) is 0 Å². The number of benzene rings is 1. The van der Waals surface area contributed by atoms with Gasteiger partial charge in [0, 0.05) is 6.42 Å². The van der Waals surface area contributed by atoms with Crippen molar-refractivity contribution >= 4 is 0 Å². The summed E-state index contributed by atoms with van der Waals surface area (Å²) in [6, 6.07) is 6.24. The van der Waals surface area contributed by atoms with Gasteiger partial charge in [0.15, 0.2) is 0 Å². The monoisotopic (exact) mass is 248 g/mol. The predicted octanol–water partition coefficient (Wildman–Crippen LogP) is 3.50. The molecule has 1 aromatic carbocycles. The Bertz CT molecular complexity index is 400. The first-order valence-electron chi connectivity index (χ1n) is 7.05. The Hall–Kier alpha value is -1.02. The first-order chi connectivity index (χ1) is 8.67. The minimum atomic E-state index is -0.492. The standard InChI is InChI=1S/C16H24O2/c1-3-4-5-9-16(17)10-8-13-6-7-15(18-2)11-14(13)12-16/h6-7,11,17H,3-5,8-10,12H2,1-2H3. The Labute approximate surface area is 110 Å². The number of fused-ring (bicyclic) bond motifs is 1. The van der Waals surface area contributed by atoms with E-state index in [1.807, 2.05) is 6.07 Å². The molecule has 0 heterocycles. The second kappa shape index (κ2) is 5.75. The average Bonchev–Trinajstić information content (AvgIpc) is 2.38.